The first-order chi connectivity index (χ1) is 37.4. The first-order valence-corrected chi connectivity index (χ1v) is 30.8. The summed E-state index contributed by atoms with van der Waals surface area (Å²) in [5.74, 6) is -1.04. The quantitative estimate of drug-likeness (QED) is 0.0307. The summed E-state index contributed by atoms with van der Waals surface area (Å²) in [6, 6.07) is 0. The standard InChI is InChI=1S/C37H49N18O19P3S2/c1-75(62,65-8-20-17(5-25(71-20)55-13-45-33(39)51-37(55)61)74-76(63,78)66-7-19-14(57)2-22(69-19)52-10-42-26-28(52)46-34(40)48-30(26)58)72-16-4-23(53-11-43-27-29(53)47-35(41)49-31(27)59)70-21(16)9-67-77(64,79)73-15-3-24(68-18(15)6-56)54-12-44-32(38)50-36(54)60/h10-25,56-57H,2-9H2,1H3,(H,63,78)(H,64,79)(H2,38,50,60)(H2,39,51,61)(H3,40,46,48,58)(H3,41,47,49,59)/t14?,15?,16?,17?,18-,19-,20-,21-,22-,23-,24-,25-,75?,76?,77?/m1/s1. The highest BCUT2D eigenvalue weighted by Gasteiger charge is 2.47. The lowest BCUT2D eigenvalue weighted by molar-refractivity contribution is -0.0535. The van der Waals surface area contributed by atoms with E-state index in [9.17, 15) is 43.1 Å². The lowest BCUT2D eigenvalue weighted by Gasteiger charge is -2.26. The number of thiol groups is 2. The zero-order valence-corrected chi connectivity index (χ0v) is 45.1. The fourth-order valence-electron chi connectivity index (χ4n) is 9.08. The van der Waals surface area contributed by atoms with Crippen LogP contribution in [0.5, 0.6) is 0 Å². The molecule has 4 aliphatic heterocycles. The highest BCUT2D eigenvalue weighted by Crippen LogP contribution is 2.59. The molecule has 4 saturated heterocycles. The molecule has 6 aromatic rings. The number of anilines is 4. The molecule has 4 aliphatic rings. The SMILES string of the molecule is CP(=O)(OC[C@H]1O[C@@H](n2cnc(N)nc2=O)CC1OP(=O)(S)OC[C@H]1O[C@@H](n2cnc3c(=O)[nH]c(N)nc32)CC1O)OC1C[C@H](n2cnc3c(=O)[nH]c(N)nc32)O[C@@H]1COP(=O)(S)OC1C[C@H](n2cnc(N)nc2=O)O[C@@H]1CO. The number of nitrogens with zero attached hydrogens (tertiary/aromatic N) is 12. The lowest BCUT2D eigenvalue weighted by atomic mass is 10.2. The molecule has 0 aromatic carbocycles. The van der Waals surface area contributed by atoms with Crippen LogP contribution in [0.15, 0.2) is 44.5 Å². The van der Waals surface area contributed by atoms with Crippen molar-refractivity contribution in [3.8, 4) is 0 Å². The average molecular weight is 1210 g/mol. The van der Waals surface area contributed by atoms with E-state index in [1.165, 1.54) is 21.8 Å². The Morgan fingerprint density at radius 1 is 0.582 bits per heavy atom. The average Bonchev–Trinajstić information content (AvgIpc) is 4.46. The third-order valence-electron chi connectivity index (χ3n) is 12.7. The smallest absolute Gasteiger partial charge is 0.386 e. The number of rotatable bonds is 20. The molecular formula is C37H49N18O19P3S2. The van der Waals surface area contributed by atoms with Gasteiger partial charge in [0.15, 0.2) is 22.3 Å². The van der Waals surface area contributed by atoms with Crippen molar-refractivity contribution in [2.75, 3.05) is 56.0 Å². The van der Waals surface area contributed by atoms with Gasteiger partial charge >= 0.3 is 32.6 Å². The minimum absolute atomic E-state index is 0.00101. The summed E-state index contributed by atoms with van der Waals surface area (Å²) in [6.45, 7) is -10.2. The van der Waals surface area contributed by atoms with Crippen LogP contribution in [0.2, 0.25) is 0 Å². The van der Waals surface area contributed by atoms with Crippen molar-refractivity contribution >= 4 is 91.8 Å². The van der Waals surface area contributed by atoms with Gasteiger partial charge in [0.2, 0.25) is 23.8 Å². The maximum Gasteiger partial charge on any atom is 0.386 e. The summed E-state index contributed by atoms with van der Waals surface area (Å²) in [5.41, 5.74) is 19.7. The summed E-state index contributed by atoms with van der Waals surface area (Å²) >= 11 is 8.32. The molecule has 7 unspecified atom stereocenters. The molecule has 37 nitrogen and oxygen atoms in total. The molecule has 0 bridgehead atoms. The van der Waals surface area contributed by atoms with Crippen LogP contribution in [-0.4, -0.2) is 160 Å². The number of fused-ring (bicyclic) bond motifs is 2. The molecule has 6 aromatic heterocycles. The number of aromatic amines is 2. The van der Waals surface area contributed by atoms with Crippen LogP contribution < -0.4 is 45.4 Å². The summed E-state index contributed by atoms with van der Waals surface area (Å²) < 4.78 is 106. The zero-order valence-electron chi connectivity index (χ0n) is 40.6. The van der Waals surface area contributed by atoms with Gasteiger partial charge in [0.05, 0.1) is 51.3 Å². The van der Waals surface area contributed by atoms with Gasteiger partial charge in [0, 0.05) is 32.3 Å². The number of nitrogens with one attached hydrogen (secondary N) is 2. The Kier molecular flexibility index (Phi) is 16.1. The van der Waals surface area contributed by atoms with E-state index in [2.05, 4.69) is 74.3 Å². The third-order valence-corrected chi connectivity index (χ3v) is 17.3. The number of nitrogen functional groups attached to an aromatic ring is 4. The van der Waals surface area contributed by atoms with Crippen LogP contribution in [0.3, 0.4) is 0 Å². The van der Waals surface area contributed by atoms with Gasteiger partial charge in [-0.2, -0.15) is 19.9 Å². The van der Waals surface area contributed by atoms with Gasteiger partial charge < -0.3 is 61.1 Å². The van der Waals surface area contributed by atoms with E-state index < -0.39 is 144 Å². The number of ether oxygens (including phenoxy) is 4. The molecule has 4 fully saturated rings. The Labute approximate surface area is 450 Å². The largest absolute Gasteiger partial charge is 0.394 e. The molecule has 0 radical (unpaired) electrons. The van der Waals surface area contributed by atoms with Crippen LogP contribution in [0.25, 0.3) is 22.3 Å². The summed E-state index contributed by atoms with van der Waals surface area (Å²) in [7, 11) is -4.32. The van der Waals surface area contributed by atoms with Crippen molar-refractivity contribution in [1.82, 2.24) is 68.1 Å². The second-order valence-corrected chi connectivity index (χ2v) is 25.9. The van der Waals surface area contributed by atoms with Gasteiger partial charge in [-0.3, -0.25) is 60.5 Å². The number of aliphatic hydroxyl groups is 2. The Morgan fingerprint density at radius 2 is 0.975 bits per heavy atom. The van der Waals surface area contributed by atoms with Crippen molar-refractivity contribution in [1.29, 1.82) is 0 Å². The molecule has 10 rings (SSSR count). The maximum atomic E-state index is 14.4. The van der Waals surface area contributed by atoms with E-state index in [1.807, 2.05) is 0 Å². The van der Waals surface area contributed by atoms with E-state index in [1.54, 1.807) is 0 Å². The molecule has 0 saturated carbocycles. The second kappa shape index (κ2) is 22.4. The topological polar surface area (TPSA) is 511 Å². The molecule has 15 atom stereocenters. The molecular weight excluding hydrogens is 1160 g/mol. The predicted octanol–water partition coefficient (Wildman–Crippen LogP) is -1.51. The van der Waals surface area contributed by atoms with Crippen LogP contribution in [0.4, 0.5) is 23.8 Å². The van der Waals surface area contributed by atoms with Crippen molar-refractivity contribution in [3.63, 3.8) is 0 Å². The van der Waals surface area contributed by atoms with Gasteiger partial charge in [0.25, 0.3) is 11.1 Å². The van der Waals surface area contributed by atoms with Crippen molar-refractivity contribution in [3.05, 3.63) is 67.0 Å². The van der Waals surface area contributed by atoms with Gasteiger partial charge in [-0.25, -0.2) is 38.7 Å². The van der Waals surface area contributed by atoms with Gasteiger partial charge in [-0.05, 0) is 0 Å². The number of aliphatic hydroxyl groups excluding tert-OH is 2. The zero-order chi connectivity index (χ0) is 56.3. The predicted molar refractivity (Wildman–Crippen MR) is 273 cm³/mol. The molecule has 12 N–H and O–H groups in total. The molecule has 0 amide bonds. The van der Waals surface area contributed by atoms with E-state index in [4.69, 9.17) is 69.0 Å². The highest BCUT2D eigenvalue weighted by molar-refractivity contribution is 8.44. The first kappa shape index (κ1) is 56.7. The van der Waals surface area contributed by atoms with Crippen LogP contribution in [0, 0.1) is 0 Å². The van der Waals surface area contributed by atoms with Gasteiger partial charge in [-0.15, -0.1) is 0 Å². The molecule has 10 heterocycles. The van der Waals surface area contributed by atoms with Crippen LogP contribution in [0.1, 0.15) is 50.6 Å². The fraction of sp³-hybridized carbons (Fsp3) is 0.568. The first-order valence-electron chi connectivity index (χ1n) is 23.4. The highest BCUT2D eigenvalue weighted by atomic mass is 32.7. The number of hydrogen-bond acceptors (Lipinski definition) is 31. The normalized spacial score (nSPS) is 29.5. The molecule has 42 heteroatoms. The summed E-state index contributed by atoms with van der Waals surface area (Å²) in [4.78, 5) is 86.5. The van der Waals surface area contributed by atoms with E-state index in [-0.39, 0.29) is 71.8 Å². The molecule has 79 heavy (non-hydrogen) atoms. The minimum atomic E-state index is -4.46. The number of imidazole rings is 2. The Hall–Kier alpha value is -5.57. The Morgan fingerprint density at radius 3 is 1.46 bits per heavy atom. The number of hydrogen-bond donors (Lipinski definition) is 10. The van der Waals surface area contributed by atoms with E-state index in [0.717, 1.165) is 28.5 Å². The number of H-pyrrole nitrogens is 2. The van der Waals surface area contributed by atoms with Crippen LogP contribution in [-0.2, 0) is 59.8 Å². The molecule has 428 valence electrons. The second-order valence-electron chi connectivity index (χ2n) is 18.1. The molecule has 0 aliphatic carbocycles. The minimum Gasteiger partial charge on any atom is -0.394 e. The van der Waals surface area contributed by atoms with Crippen LogP contribution >= 0.6 is 45.7 Å². The van der Waals surface area contributed by atoms with Crippen molar-refractivity contribution in [2.45, 2.75) is 99.4 Å². The molecule has 0 spiro atoms. The monoisotopic (exact) mass is 1210 g/mol. The Balaban J connectivity index is 0.828. The van der Waals surface area contributed by atoms with E-state index >= 15 is 0 Å². The van der Waals surface area contributed by atoms with Crippen molar-refractivity contribution in [2.24, 2.45) is 0 Å². The van der Waals surface area contributed by atoms with Gasteiger partial charge in [0.1, 0.15) is 74.2 Å². The summed E-state index contributed by atoms with van der Waals surface area (Å²) in [6.07, 6.45) is -9.96. The fourth-order valence-corrected chi connectivity index (χ4v) is 13.3. The maximum absolute atomic E-state index is 14.4. The number of nitrogens with two attached hydrogens (primary N) is 4. The van der Waals surface area contributed by atoms with Crippen molar-refractivity contribution < 1.29 is 70.0 Å². The summed E-state index contributed by atoms with van der Waals surface area (Å²) in [5, 5.41) is 21.0. The lowest BCUT2D eigenvalue weighted by Crippen LogP contribution is -2.31. The van der Waals surface area contributed by atoms with Gasteiger partial charge in [-0.1, -0.05) is 24.5 Å². The number of aromatic nitrogens is 14. The Bertz CT molecular complexity index is 3660. The van der Waals surface area contributed by atoms with E-state index in [0.29, 0.717) is 0 Å². The third kappa shape index (κ3) is 12.5.